The molecular weight excluding hydrogens is 552 g/mol. The van der Waals surface area contributed by atoms with E-state index >= 15 is 0 Å². The number of nitrogens with two attached hydrogens (primary N) is 1. The van der Waals surface area contributed by atoms with Gasteiger partial charge in [-0.05, 0) is 55.8 Å². The van der Waals surface area contributed by atoms with Crippen molar-refractivity contribution in [2.45, 2.75) is 44.5 Å². The van der Waals surface area contributed by atoms with E-state index in [-0.39, 0.29) is 36.6 Å². The molecule has 1 fully saturated rings. The number of primary amides is 1. The normalized spacial score (nSPS) is 19.2. The number of likely N-dealkylation sites (tertiary alicyclic amines) is 1. The number of benzene rings is 2. The average Bonchev–Trinajstić information content (AvgIpc) is 3.38. The summed E-state index contributed by atoms with van der Waals surface area (Å²) in [5, 5.41) is 10.5. The summed E-state index contributed by atoms with van der Waals surface area (Å²) in [5.74, 6) is -0.949. The molecule has 4 heterocycles. The van der Waals surface area contributed by atoms with Crippen LogP contribution in [-0.4, -0.2) is 106 Å². The molecule has 2 aromatic carbocycles. The van der Waals surface area contributed by atoms with E-state index in [0.717, 1.165) is 22.4 Å². The molecule has 1 atom stereocenters. The van der Waals surface area contributed by atoms with Crippen LogP contribution in [0.15, 0.2) is 36.4 Å². The molecule has 3 aliphatic rings. The van der Waals surface area contributed by atoms with Gasteiger partial charge < -0.3 is 35.4 Å². The summed E-state index contributed by atoms with van der Waals surface area (Å²) in [6.07, 6.45) is -0.199. The Balaban J connectivity index is 1.17. The van der Waals surface area contributed by atoms with Gasteiger partial charge in [-0.15, -0.1) is 0 Å². The van der Waals surface area contributed by atoms with Crippen molar-refractivity contribution in [3.63, 3.8) is 0 Å². The summed E-state index contributed by atoms with van der Waals surface area (Å²) >= 11 is 0. The number of amides is 5. The van der Waals surface area contributed by atoms with Crippen LogP contribution in [-0.2, 0) is 29.0 Å². The van der Waals surface area contributed by atoms with E-state index in [2.05, 4.69) is 15.5 Å². The molecule has 3 aliphatic heterocycles. The summed E-state index contributed by atoms with van der Waals surface area (Å²) in [5.41, 5.74) is 9.84. The van der Waals surface area contributed by atoms with Crippen LogP contribution in [0.25, 0.3) is 10.9 Å². The number of urea groups is 1. The molecule has 0 spiro atoms. The minimum absolute atomic E-state index is 0.0119. The molecule has 5 amide bonds. The maximum atomic E-state index is 13.8. The summed E-state index contributed by atoms with van der Waals surface area (Å²) in [7, 11) is 3.84. The fraction of sp³-hybridized carbons (Fsp3) is 0.433. The van der Waals surface area contributed by atoms with E-state index in [1.54, 1.807) is 15.9 Å². The highest BCUT2D eigenvalue weighted by Crippen LogP contribution is 2.31. The second kappa shape index (κ2) is 11.6. The van der Waals surface area contributed by atoms with Gasteiger partial charge in [0.25, 0.3) is 11.8 Å². The topological polar surface area (TPSA) is 157 Å². The lowest BCUT2D eigenvalue weighted by Crippen LogP contribution is -2.52. The first-order valence-corrected chi connectivity index (χ1v) is 14.5. The van der Waals surface area contributed by atoms with Crippen molar-refractivity contribution in [1.82, 2.24) is 29.8 Å². The Morgan fingerprint density at radius 1 is 1.07 bits per heavy atom. The van der Waals surface area contributed by atoms with E-state index in [4.69, 9.17) is 10.5 Å². The third kappa shape index (κ3) is 5.59. The lowest BCUT2D eigenvalue weighted by atomic mass is 9.98. The van der Waals surface area contributed by atoms with Gasteiger partial charge in [0.15, 0.2) is 11.8 Å². The van der Waals surface area contributed by atoms with Gasteiger partial charge in [0.05, 0.1) is 5.52 Å². The molecule has 3 aromatic rings. The van der Waals surface area contributed by atoms with Crippen LogP contribution in [0.3, 0.4) is 0 Å². The second-order valence-corrected chi connectivity index (χ2v) is 11.6. The van der Waals surface area contributed by atoms with E-state index < -0.39 is 18.1 Å². The van der Waals surface area contributed by atoms with E-state index in [0.29, 0.717) is 56.5 Å². The molecule has 1 aromatic heterocycles. The minimum Gasteiger partial charge on any atom is -0.436 e. The first-order valence-electron chi connectivity index (χ1n) is 14.5. The first kappa shape index (κ1) is 28.5. The lowest BCUT2D eigenvalue weighted by Gasteiger charge is -2.40. The van der Waals surface area contributed by atoms with E-state index in [9.17, 15) is 19.2 Å². The Kier molecular flexibility index (Phi) is 7.65. The van der Waals surface area contributed by atoms with Crippen LogP contribution in [0.5, 0.6) is 0 Å². The summed E-state index contributed by atoms with van der Waals surface area (Å²) in [4.78, 5) is 59.2. The number of likely N-dealkylation sites (N-methyl/N-ethyl adjacent to an activating group) is 1. The first-order chi connectivity index (χ1) is 20.7. The van der Waals surface area contributed by atoms with Gasteiger partial charge >= 0.3 is 12.1 Å². The number of carbonyl (C=O) groups excluding carboxylic acids is 4. The van der Waals surface area contributed by atoms with Crippen molar-refractivity contribution < 1.29 is 23.9 Å². The Morgan fingerprint density at radius 3 is 2.58 bits per heavy atom. The van der Waals surface area contributed by atoms with Gasteiger partial charge in [-0.1, -0.05) is 24.3 Å². The number of ether oxygens (including phenoxy) is 1. The van der Waals surface area contributed by atoms with E-state index in [1.165, 1.54) is 0 Å². The zero-order valence-electron chi connectivity index (χ0n) is 24.3. The fourth-order valence-corrected chi connectivity index (χ4v) is 6.21. The van der Waals surface area contributed by atoms with Gasteiger partial charge in [0.1, 0.15) is 0 Å². The van der Waals surface area contributed by atoms with Gasteiger partial charge in [0, 0.05) is 62.8 Å². The number of piperidine rings is 1. The maximum absolute atomic E-state index is 13.8. The highest BCUT2D eigenvalue weighted by Gasteiger charge is 2.37. The van der Waals surface area contributed by atoms with Crippen molar-refractivity contribution in [3.05, 3.63) is 58.8 Å². The number of anilines is 1. The van der Waals surface area contributed by atoms with Crippen LogP contribution in [0.1, 0.15) is 40.0 Å². The Hall–Kier alpha value is -4.65. The van der Waals surface area contributed by atoms with Gasteiger partial charge in [-0.3, -0.25) is 14.7 Å². The number of H-pyrrole nitrogens is 1. The average molecular weight is 589 g/mol. The fourth-order valence-electron chi connectivity index (χ4n) is 6.21. The van der Waals surface area contributed by atoms with Crippen LogP contribution in [0.2, 0.25) is 0 Å². The smallest absolute Gasteiger partial charge is 0.410 e. The quantitative estimate of drug-likeness (QED) is 0.398. The Bertz CT molecular complexity index is 1580. The molecule has 0 saturated carbocycles. The van der Waals surface area contributed by atoms with Gasteiger partial charge in [0.2, 0.25) is 0 Å². The number of para-hydroxylation sites is 1. The molecule has 1 saturated heterocycles. The molecule has 4 N–H and O–H groups in total. The Morgan fingerprint density at radius 2 is 1.84 bits per heavy atom. The molecule has 0 radical (unpaired) electrons. The summed E-state index contributed by atoms with van der Waals surface area (Å²) in [6, 6.07) is 11.3. The molecule has 13 heteroatoms. The largest absolute Gasteiger partial charge is 0.436 e. The number of rotatable bonds is 6. The number of nitrogens with one attached hydrogen (secondary N) is 2. The highest BCUT2D eigenvalue weighted by molar-refractivity contribution is 6.05. The third-order valence-corrected chi connectivity index (χ3v) is 8.59. The van der Waals surface area contributed by atoms with Gasteiger partial charge in [-0.2, -0.15) is 5.10 Å². The monoisotopic (exact) mass is 588 g/mol. The molecule has 0 bridgehead atoms. The zero-order chi connectivity index (χ0) is 30.2. The lowest BCUT2D eigenvalue weighted by molar-refractivity contribution is -0.141. The van der Waals surface area contributed by atoms with Crippen molar-refractivity contribution in [2.75, 3.05) is 45.6 Å². The standard InChI is InChI=1S/C30H36N8O5/c1-35(2)13-14-37-17-21-18(7-8-23-25(21)26(27(31)39)34-33-23)15-24(28(37)40)43-30(42)36-11-9-20(10-12-36)38-16-19-5-3-4-6-22(19)32-29(38)41/h3-8,20,24H,9-17H2,1-2H3,(H2,31,39)(H,32,41)(H,33,34). The third-order valence-electron chi connectivity index (χ3n) is 8.59. The molecule has 6 rings (SSSR count). The molecule has 226 valence electrons. The van der Waals surface area contributed by atoms with Crippen molar-refractivity contribution in [1.29, 1.82) is 0 Å². The second-order valence-electron chi connectivity index (χ2n) is 11.6. The number of hydrogen-bond acceptors (Lipinski definition) is 7. The van der Waals surface area contributed by atoms with Crippen LogP contribution >= 0.6 is 0 Å². The molecule has 43 heavy (non-hydrogen) atoms. The Labute approximate surface area is 248 Å². The van der Waals surface area contributed by atoms with Crippen LogP contribution in [0, 0.1) is 0 Å². The minimum atomic E-state index is -1.03. The van der Waals surface area contributed by atoms with Crippen molar-refractivity contribution in [2.24, 2.45) is 5.73 Å². The number of fused-ring (bicyclic) bond motifs is 4. The number of hydrogen-bond donors (Lipinski definition) is 3. The summed E-state index contributed by atoms with van der Waals surface area (Å²) in [6.45, 7) is 2.60. The van der Waals surface area contributed by atoms with E-state index in [1.807, 2.05) is 54.2 Å². The SMILES string of the molecule is CN(C)CCN1Cc2c(ccc3[nH]nc(C(N)=O)c23)CC(OC(=O)N2CCC(N3Cc4ccccc4NC3=O)CC2)C1=O. The predicted octanol–water partition coefficient (Wildman–Crippen LogP) is 2.13. The zero-order valence-corrected chi connectivity index (χ0v) is 24.3. The van der Waals surface area contributed by atoms with Crippen molar-refractivity contribution in [3.8, 4) is 0 Å². The van der Waals surface area contributed by atoms with Crippen molar-refractivity contribution >= 4 is 40.5 Å². The highest BCUT2D eigenvalue weighted by atomic mass is 16.6. The number of aromatic nitrogens is 2. The predicted molar refractivity (Wildman–Crippen MR) is 158 cm³/mol. The summed E-state index contributed by atoms with van der Waals surface area (Å²) < 4.78 is 5.91. The molecule has 13 nitrogen and oxygen atoms in total. The molecule has 1 unspecified atom stereocenters. The number of nitrogens with zero attached hydrogens (tertiary/aromatic N) is 5. The van der Waals surface area contributed by atoms with Crippen LogP contribution in [0.4, 0.5) is 15.3 Å². The number of carbonyl (C=O) groups is 4. The van der Waals surface area contributed by atoms with Gasteiger partial charge in [-0.25, -0.2) is 9.59 Å². The molecular formula is C30H36N8O5. The van der Waals surface area contributed by atoms with Crippen LogP contribution < -0.4 is 11.1 Å². The molecule has 0 aliphatic carbocycles. The maximum Gasteiger partial charge on any atom is 0.410 e. The number of aromatic amines is 1.